The molecule has 1 N–H and O–H groups in total. The van der Waals surface area contributed by atoms with Gasteiger partial charge in [0.15, 0.2) is 5.65 Å². The molecule has 1 saturated heterocycles. The molecule has 3 heterocycles. The largest absolute Gasteiger partial charge is 0.447 e. The Hall–Kier alpha value is -3.94. The summed E-state index contributed by atoms with van der Waals surface area (Å²) in [5.74, 6) is 0.647. The molecule has 0 bridgehead atoms. The summed E-state index contributed by atoms with van der Waals surface area (Å²) in [5, 5.41) is 8.57. The van der Waals surface area contributed by atoms with Gasteiger partial charge >= 0.3 is 6.09 Å². The lowest BCUT2D eigenvalue weighted by molar-refractivity contribution is 0.181. The number of nitrogens with zero attached hydrogens (tertiary/aromatic N) is 5. The highest BCUT2D eigenvalue weighted by atomic mass is 16.6. The van der Waals surface area contributed by atoms with Gasteiger partial charge in [0, 0.05) is 11.4 Å². The number of ether oxygens (including phenoxy) is 1. The SMILES string of the molecule is O=C1OCCN1c1cccc(Nc2ncnc3c2cnn3-c2ccccc2)c1. The van der Waals surface area contributed by atoms with Crippen molar-refractivity contribution < 1.29 is 9.53 Å². The molecule has 1 aliphatic heterocycles. The van der Waals surface area contributed by atoms with Gasteiger partial charge in [-0.2, -0.15) is 5.10 Å². The highest BCUT2D eigenvalue weighted by Gasteiger charge is 2.23. The van der Waals surface area contributed by atoms with E-state index >= 15 is 0 Å². The second-order valence-electron chi connectivity index (χ2n) is 6.29. The van der Waals surface area contributed by atoms with Crippen molar-refractivity contribution in [3.63, 3.8) is 0 Å². The minimum Gasteiger partial charge on any atom is -0.447 e. The smallest absolute Gasteiger partial charge is 0.414 e. The van der Waals surface area contributed by atoms with Crippen molar-refractivity contribution >= 4 is 34.3 Å². The Morgan fingerprint density at radius 3 is 2.68 bits per heavy atom. The zero-order valence-electron chi connectivity index (χ0n) is 14.8. The lowest BCUT2D eigenvalue weighted by Gasteiger charge is -2.14. The standard InChI is InChI=1S/C20H16N6O2/c27-20-25(9-10-28-20)16-8-4-5-14(11-16)24-18-17-12-23-26(19(17)22-13-21-18)15-6-2-1-3-7-15/h1-8,11-13H,9-10H2,(H,21,22,24). The van der Waals surface area contributed by atoms with Crippen LogP contribution in [0.2, 0.25) is 0 Å². The molecule has 0 spiro atoms. The van der Waals surface area contributed by atoms with Crippen molar-refractivity contribution in [2.24, 2.45) is 0 Å². The molecule has 0 aliphatic carbocycles. The van der Waals surface area contributed by atoms with Gasteiger partial charge in [0.05, 0.1) is 23.8 Å². The molecule has 0 atom stereocenters. The second kappa shape index (κ2) is 6.66. The number of carbonyl (C=O) groups is 1. The highest BCUT2D eigenvalue weighted by molar-refractivity contribution is 5.91. The van der Waals surface area contributed by atoms with E-state index in [0.717, 1.165) is 22.4 Å². The maximum absolute atomic E-state index is 11.8. The van der Waals surface area contributed by atoms with E-state index in [2.05, 4.69) is 20.4 Å². The van der Waals surface area contributed by atoms with Crippen LogP contribution < -0.4 is 10.2 Å². The number of carbonyl (C=O) groups excluding carboxylic acids is 1. The van der Waals surface area contributed by atoms with Crippen LogP contribution in [0.1, 0.15) is 0 Å². The van der Waals surface area contributed by atoms with E-state index in [-0.39, 0.29) is 6.09 Å². The van der Waals surface area contributed by atoms with Gasteiger partial charge in [-0.1, -0.05) is 24.3 Å². The number of hydrogen-bond donors (Lipinski definition) is 1. The van der Waals surface area contributed by atoms with E-state index in [1.807, 2.05) is 54.6 Å². The summed E-state index contributed by atoms with van der Waals surface area (Å²) >= 11 is 0. The van der Waals surface area contributed by atoms with Gasteiger partial charge in [0.25, 0.3) is 0 Å². The van der Waals surface area contributed by atoms with Crippen molar-refractivity contribution in [1.29, 1.82) is 0 Å². The highest BCUT2D eigenvalue weighted by Crippen LogP contribution is 2.27. The van der Waals surface area contributed by atoms with E-state index in [1.54, 1.807) is 15.8 Å². The van der Waals surface area contributed by atoms with Gasteiger partial charge in [-0.15, -0.1) is 0 Å². The first-order valence-corrected chi connectivity index (χ1v) is 8.85. The number of anilines is 3. The van der Waals surface area contributed by atoms with Crippen LogP contribution in [0.3, 0.4) is 0 Å². The summed E-state index contributed by atoms with van der Waals surface area (Å²) in [6, 6.07) is 17.4. The normalized spacial score (nSPS) is 13.7. The molecular weight excluding hydrogens is 356 g/mol. The lowest BCUT2D eigenvalue weighted by Crippen LogP contribution is -2.23. The van der Waals surface area contributed by atoms with E-state index in [9.17, 15) is 4.79 Å². The van der Waals surface area contributed by atoms with Gasteiger partial charge in [0.2, 0.25) is 0 Å². The maximum Gasteiger partial charge on any atom is 0.414 e. The molecule has 0 saturated carbocycles. The number of hydrogen-bond acceptors (Lipinski definition) is 6. The minimum absolute atomic E-state index is 0.328. The Balaban J connectivity index is 1.49. The number of aromatic nitrogens is 4. The van der Waals surface area contributed by atoms with Crippen molar-refractivity contribution in [3.8, 4) is 5.69 Å². The molecule has 1 fully saturated rings. The lowest BCUT2D eigenvalue weighted by atomic mass is 10.2. The number of benzene rings is 2. The fourth-order valence-electron chi connectivity index (χ4n) is 3.22. The average Bonchev–Trinajstić information content (AvgIpc) is 3.36. The average molecular weight is 372 g/mol. The first kappa shape index (κ1) is 16.2. The second-order valence-corrected chi connectivity index (χ2v) is 6.29. The van der Waals surface area contributed by atoms with Crippen LogP contribution in [0.5, 0.6) is 0 Å². The number of fused-ring (bicyclic) bond motifs is 1. The quantitative estimate of drug-likeness (QED) is 0.590. The molecule has 5 rings (SSSR count). The van der Waals surface area contributed by atoms with Crippen LogP contribution in [0.25, 0.3) is 16.7 Å². The van der Waals surface area contributed by atoms with Crippen molar-refractivity contribution in [1.82, 2.24) is 19.7 Å². The minimum atomic E-state index is -0.328. The van der Waals surface area contributed by atoms with Gasteiger partial charge in [-0.25, -0.2) is 19.4 Å². The molecule has 138 valence electrons. The van der Waals surface area contributed by atoms with Crippen molar-refractivity contribution in [2.75, 3.05) is 23.4 Å². The van der Waals surface area contributed by atoms with E-state index in [0.29, 0.717) is 24.6 Å². The molecule has 1 aliphatic rings. The Bertz CT molecular complexity index is 1160. The number of amides is 1. The van der Waals surface area contributed by atoms with Crippen LogP contribution in [0.4, 0.5) is 22.0 Å². The molecular formula is C20H16N6O2. The maximum atomic E-state index is 11.8. The Morgan fingerprint density at radius 1 is 1.00 bits per heavy atom. The van der Waals surface area contributed by atoms with Gasteiger partial charge in [-0.3, -0.25) is 4.90 Å². The predicted octanol–water partition coefficient (Wildman–Crippen LogP) is 3.52. The molecule has 0 unspecified atom stereocenters. The molecule has 8 nitrogen and oxygen atoms in total. The summed E-state index contributed by atoms with van der Waals surface area (Å²) < 4.78 is 6.79. The van der Waals surface area contributed by atoms with Crippen LogP contribution in [0, 0.1) is 0 Å². The van der Waals surface area contributed by atoms with E-state index in [4.69, 9.17) is 4.74 Å². The molecule has 4 aromatic rings. The predicted molar refractivity (Wildman–Crippen MR) is 105 cm³/mol. The summed E-state index contributed by atoms with van der Waals surface area (Å²) in [6.07, 6.45) is 2.92. The van der Waals surface area contributed by atoms with Crippen molar-refractivity contribution in [2.45, 2.75) is 0 Å². The molecule has 28 heavy (non-hydrogen) atoms. The molecule has 2 aromatic heterocycles. The Morgan fingerprint density at radius 2 is 1.86 bits per heavy atom. The van der Waals surface area contributed by atoms with Crippen LogP contribution in [-0.2, 0) is 4.74 Å². The zero-order chi connectivity index (χ0) is 18.9. The number of rotatable bonds is 4. The van der Waals surface area contributed by atoms with Crippen LogP contribution in [0.15, 0.2) is 67.1 Å². The van der Waals surface area contributed by atoms with Gasteiger partial charge in [-0.05, 0) is 30.3 Å². The first-order valence-electron chi connectivity index (χ1n) is 8.85. The summed E-state index contributed by atoms with van der Waals surface area (Å²) in [7, 11) is 0. The van der Waals surface area contributed by atoms with E-state index in [1.165, 1.54) is 6.33 Å². The third-order valence-electron chi connectivity index (χ3n) is 4.55. The zero-order valence-corrected chi connectivity index (χ0v) is 14.8. The summed E-state index contributed by atoms with van der Waals surface area (Å²) in [4.78, 5) is 22.2. The topological polar surface area (TPSA) is 85.2 Å². The molecule has 2 aromatic carbocycles. The Labute approximate surface area is 160 Å². The third-order valence-corrected chi connectivity index (χ3v) is 4.55. The fourth-order valence-corrected chi connectivity index (χ4v) is 3.22. The number of cyclic esters (lactones) is 1. The summed E-state index contributed by atoms with van der Waals surface area (Å²) in [6.45, 7) is 0.950. The Kier molecular flexibility index (Phi) is 3.86. The number of nitrogens with one attached hydrogen (secondary N) is 1. The third kappa shape index (κ3) is 2.81. The van der Waals surface area contributed by atoms with E-state index < -0.39 is 0 Å². The molecule has 0 radical (unpaired) electrons. The molecule has 8 heteroatoms. The van der Waals surface area contributed by atoms with Crippen LogP contribution in [-0.4, -0.2) is 39.0 Å². The van der Waals surface area contributed by atoms with Gasteiger partial charge < -0.3 is 10.1 Å². The van der Waals surface area contributed by atoms with Crippen LogP contribution >= 0.6 is 0 Å². The van der Waals surface area contributed by atoms with Gasteiger partial charge in [0.1, 0.15) is 18.8 Å². The summed E-state index contributed by atoms with van der Waals surface area (Å²) in [5.41, 5.74) is 3.22. The van der Waals surface area contributed by atoms with Crippen molar-refractivity contribution in [3.05, 3.63) is 67.1 Å². The first-order chi connectivity index (χ1) is 13.8. The molecule has 1 amide bonds. The number of para-hydroxylation sites is 1. The monoisotopic (exact) mass is 372 g/mol. The fraction of sp³-hybridized carbons (Fsp3) is 0.100.